The number of morpholine rings is 1. The Morgan fingerprint density at radius 2 is 1.85 bits per heavy atom. The van der Waals surface area contributed by atoms with Crippen LogP contribution in [0.25, 0.3) is 11.1 Å². The van der Waals surface area contributed by atoms with E-state index < -0.39 is 12.7 Å². The van der Waals surface area contributed by atoms with Crippen molar-refractivity contribution in [2.45, 2.75) is 63.8 Å². The fraction of sp³-hybridized carbons (Fsp3) is 0.548. The molecule has 3 heterocycles. The molecule has 48 heavy (non-hydrogen) atoms. The second-order valence-electron chi connectivity index (χ2n) is 11.6. The van der Waals surface area contributed by atoms with Gasteiger partial charge in [-0.2, -0.15) is 14.3 Å². The number of nitrogens with zero attached hydrogens (tertiary/aromatic N) is 7. The molecular formula is C31H41ClF2N10O4. The number of hydrogen-bond acceptors (Lipinski definition) is 12. The number of anilines is 2. The molecule has 0 bridgehead atoms. The van der Waals surface area contributed by atoms with E-state index in [4.69, 9.17) is 41.9 Å². The lowest BCUT2D eigenvalue weighted by molar-refractivity contribution is -0.130. The number of halogens is 3. The van der Waals surface area contributed by atoms with Crippen LogP contribution in [0.3, 0.4) is 0 Å². The van der Waals surface area contributed by atoms with Crippen molar-refractivity contribution in [3.05, 3.63) is 41.8 Å². The van der Waals surface area contributed by atoms with E-state index >= 15 is 0 Å². The first kappa shape index (κ1) is 35.3. The Bertz CT molecular complexity index is 1460. The van der Waals surface area contributed by atoms with E-state index in [0.29, 0.717) is 34.3 Å². The van der Waals surface area contributed by atoms with Gasteiger partial charge in [0.15, 0.2) is 0 Å². The van der Waals surface area contributed by atoms with Gasteiger partial charge in [0.25, 0.3) is 5.88 Å². The highest BCUT2D eigenvalue weighted by Gasteiger charge is 2.29. The van der Waals surface area contributed by atoms with Crippen LogP contribution in [0.2, 0.25) is 5.02 Å². The molecule has 1 aromatic carbocycles. The molecule has 0 unspecified atom stereocenters. The molecule has 1 saturated carbocycles. The van der Waals surface area contributed by atoms with Crippen molar-refractivity contribution >= 4 is 29.6 Å². The summed E-state index contributed by atoms with van der Waals surface area (Å²) in [7, 11) is 0. The van der Waals surface area contributed by atoms with E-state index in [-0.39, 0.29) is 32.2 Å². The third kappa shape index (κ3) is 9.78. The average Bonchev–Trinajstić information content (AvgIpc) is 3.50. The van der Waals surface area contributed by atoms with Crippen LogP contribution in [0.4, 0.5) is 20.4 Å². The predicted octanol–water partition coefficient (Wildman–Crippen LogP) is 6.18. The third-order valence-corrected chi connectivity index (χ3v) is 8.60. The summed E-state index contributed by atoms with van der Waals surface area (Å²) in [5.41, 5.74) is 9.19. The van der Waals surface area contributed by atoms with Gasteiger partial charge in [0.1, 0.15) is 23.9 Å². The lowest BCUT2D eigenvalue weighted by atomic mass is 9.90. The molecule has 0 radical (unpaired) electrons. The topological polar surface area (TPSA) is 159 Å². The van der Waals surface area contributed by atoms with Crippen molar-refractivity contribution < 1.29 is 27.7 Å². The number of rotatable bonds is 17. The van der Waals surface area contributed by atoms with Crippen LogP contribution in [0.15, 0.2) is 42.0 Å². The Kier molecular flexibility index (Phi) is 12.8. The number of ether oxygens (including phenoxy) is 4. The minimum Gasteiger partial charge on any atom is -0.487 e. The smallest absolute Gasteiger partial charge is 0.345 e. The molecule has 3 N–H and O–H groups in total. The van der Waals surface area contributed by atoms with Gasteiger partial charge in [-0.15, -0.1) is 5.10 Å². The van der Waals surface area contributed by atoms with Crippen molar-refractivity contribution in [1.29, 1.82) is 10.9 Å². The second-order valence-corrected chi connectivity index (χ2v) is 12.0. The molecule has 17 heteroatoms. The average molecular weight is 691 g/mol. The molecular weight excluding hydrogens is 650 g/mol. The first-order chi connectivity index (χ1) is 23.3. The van der Waals surface area contributed by atoms with Crippen molar-refractivity contribution in [2.75, 3.05) is 51.4 Å². The van der Waals surface area contributed by atoms with Gasteiger partial charge < -0.3 is 24.3 Å². The maximum atomic E-state index is 12.4. The monoisotopic (exact) mass is 690 g/mol. The summed E-state index contributed by atoms with van der Waals surface area (Å²) < 4.78 is 48.4. The Balaban J connectivity index is 1.25. The number of alkyl halides is 2. The Labute approximate surface area is 282 Å². The highest BCUT2D eigenvalue weighted by molar-refractivity contribution is 6.32. The molecule has 0 spiro atoms. The van der Waals surface area contributed by atoms with E-state index in [0.717, 1.165) is 74.5 Å². The van der Waals surface area contributed by atoms with Crippen LogP contribution < -0.4 is 14.8 Å². The maximum Gasteiger partial charge on any atom is 0.345 e. The summed E-state index contributed by atoms with van der Waals surface area (Å²) in [6, 6.07) is 6.07. The Morgan fingerprint density at radius 3 is 2.54 bits per heavy atom. The largest absolute Gasteiger partial charge is 0.487 e. The molecule has 5 rings (SSSR count). The van der Waals surface area contributed by atoms with Crippen molar-refractivity contribution in [3.8, 4) is 22.8 Å². The van der Waals surface area contributed by atoms with E-state index in [9.17, 15) is 8.78 Å². The zero-order valence-corrected chi connectivity index (χ0v) is 27.5. The lowest BCUT2D eigenvalue weighted by Crippen LogP contribution is -2.45. The maximum absolute atomic E-state index is 12.4. The Morgan fingerprint density at radius 1 is 1.12 bits per heavy atom. The molecule has 2 fully saturated rings. The summed E-state index contributed by atoms with van der Waals surface area (Å²) in [4.78, 5) is 11.5. The van der Waals surface area contributed by atoms with Gasteiger partial charge in [-0.3, -0.25) is 15.0 Å². The molecule has 3 aromatic rings. The predicted molar refractivity (Wildman–Crippen MR) is 174 cm³/mol. The molecule has 1 aliphatic heterocycles. The standard InChI is InChI=1S/C31H41ClF2N10O4/c1-21(18-43(20-35)41-36)48-28-15-22(3-8-26(28)32)23-16-37-31(38-17-23)39-27-19-44(40-29(27)46-11-2-12-47-30(33)34)25-6-4-24(5-7-25)42-9-13-45-14-10-42/h3,8,15-17,19-21,24-25,30,35-36H,2,4-7,9-14,18H2,1H3,(H,37,38,39)/t21-,24?,25?/m0/s1. The van der Waals surface area contributed by atoms with Gasteiger partial charge >= 0.3 is 6.61 Å². The molecule has 1 saturated heterocycles. The normalized spacial score (nSPS) is 19.1. The van der Waals surface area contributed by atoms with Gasteiger partial charge in [-0.1, -0.05) is 22.9 Å². The minimum atomic E-state index is -2.82. The van der Waals surface area contributed by atoms with Gasteiger partial charge in [-0.05, 0) is 50.3 Å². The minimum absolute atomic E-state index is 0.128. The van der Waals surface area contributed by atoms with Crippen LogP contribution in [0.5, 0.6) is 11.6 Å². The number of benzene rings is 1. The molecule has 2 aromatic heterocycles. The SMILES string of the molecule is C[C@@H](CN(C=N)N=N)Oc1cc(-c2cnc(Nc3cn(C4CCC(N5CCOCC5)CC4)nc3OCCCOC(F)F)nc2)ccc1Cl. The van der Waals surface area contributed by atoms with Crippen molar-refractivity contribution in [2.24, 2.45) is 5.22 Å². The van der Waals surface area contributed by atoms with E-state index in [1.165, 1.54) is 0 Å². The summed E-state index contributed by atoms with van der Waals surface area (Å²) in [6.45, 7) is 2.71. The highest BCUT2D eigenvalue weighted by Crippen LogP contribution is 2.35. The van der Waals surface area contributed by atoms with Gasteiger partial charge in [0, 0.05) is 43.5 Å². The zero-order chi connectivity index (χ0) is 33.9. The lowest BCUT2D eigenvalue weighted by Gasteiger charge is -2.38. The van der Waals surface area contributed by atoms with Crippen LogP contribution in [0.1, 0.15) is 45.1 Å². The van der Waals surface area contributed by atoms with Crippen LogP contribution in [-0.2, 0) is 9.47 Å². The molecule has 14 nitrogen and oxygen atoms in total. The first-order valence-electron chi connectivity index (χ1n) is 16.0. The van der Waals surface area contributed by atoms with Crippen LogP contribution in [0, 0.1) is 10.9 Å². The number of hydrogen-bond donors (Lipinski definition) is 3. The fourth-order valence-corrected chi connectivity index (χ4v) is 6.02. The van der Waals surface area contributed by atoms with Crippen molar-refractivity contribution in [3.63, 3.8) is 0 Å². The molecule has 2 aliphatic rings. The number of nitrogens with one attached hydrogen (secondary N) is 3. The number of aromatic nitrogens is 4. The zero-order valence-electron chi connectivity index (χ0n) is 26.7. The quantitative estimate of drug-likeness (QED) is 0.0491. The summed E-state index contributed by atoms with van der Waals surface area (Å²) in [5.74, 6) is 1.10. The highest BCUT2D eigenvalue weighted by atomic mass is 35.5. The molecule has 1 aliphatic carbocycles. The van der Waals surface area contributed by atoms with Gasteiger partial charge in [0.2, 0.25) is 5.95 Å². The molecule has 260 valence electrons. The third-order valence-electron chi connectivity index (χ3n) is 8.28. The van der Waals surface area contributed by atoms with E-state index in [1.54, 1.807) is 31.5 Å². The molecule has 0 amide bonds. The van der Waals surface area contributed by atoms with Gasteiger partial charge in [-0.25, -0.2) is 15.0 Å². The van der Waals surface area contributed by atoms with Crippen LogP contribution in [-0.4, -0.2) is 101 Å². The summed E-state index contributed by atoms with van der Waals surface area (Å²) in [6.07, 6.45) is 10.1. The molecule has 1 atom stereocenters. The van der Waals surface area contributed by atoms with E-state index in [2.05, 4.69) is 30.1 Å². The Hall–Kier alpha value is -3.99. The van der Waals surface area contributed by atoms with Crippen LogP contribution >= 0.6 is 11.6 Å². The van der Waals surface area contributed by atoms with Crippen molar-refractivity contribution in [1.82, 2.24) is 29.7 Å². The van der Waals surface area contributed by atoms with Gasteiger partial charge in [0.05, 0.1) is 50.2 Å². The van der Waals surface area contributed by atoms with E-state index in [1.807, 2.05) is 16.9 Å². The summed E-state index contributed by atoms with van der Waals surface area (Å²) in [5, 5.41) is 20.0. The second kappa shape index (κ2) is 17.4. The summed E-state index contributed by atoms with van der Waals surface area (Å²) >= 11 is 6.38. The first-order valence-corrected chi connectivity index (χ1v) is 16.3. The fourth-order valence-electron chi connectivity index (χ4n) is 5.86.